The first-order chi connectivity index (χ1) is 11.7. The van der Waals surface area contributed by atoms with Crippen LogP contribution < -0.4 is 15.4 Å². The van der Waals surface area contributed by atoms with Gasteiger partial charge in [-0.15, -0.1) is 24.0 Å². The zero-order valence-corrected chi connectivity index (χ0v) is 18.5. The van der Waals surface area contributed by atoms with Crippen LogP contribution >= 0.6 is 24.0 Å². The van der Waals surface area contributed by atoms with E-state index in [1.807, 2.05) is 33.3 Å². The second kappa shape index (κ2) is 15.3. The summed E-state index contributed by atoms with van der Waals surface area (Å²) in [5, 5.41) is 6.72. The number of ether oxygens (including phenoxy) is 1. The number of nitrogens with one attached hydrogen (secondary N) is 2. The Balaban J connectivity index is 0.00000576. The number of rotatable bonds is 11. The Morgan fingerprint density at radius 3 is 2.64 bits per heavy atom. The van der Waals surface area contributed by atoms with Gasteiger partial charge >= 0.3 is 0 Å². The van der Waals surface area contributed by atoms with Crippen LogP contribution in [0, 0.1) is 0 Å². The standard InChI is InChI=1S/C19H34N4O.HI/c1-5-6-7-8-12-21-19(20-2)22-16-17-10-9-11-18(15-17)24-14-13-23(3)4;/h9-11,15H,5-8,12-14,16H2,1-4H3,(H2,20,21,22);1H. The second-order valence-electron chi connectivity index (χ2n) is 6.21. The molecule has 0 unspecified atom stereocenters. The van der Waals surface area contributed by atoms with Crippen molar-refractivity contribution in [2.75, 3.05) is 40.8 Å². The highest BCUT2D eigenvalue weighted by atomic mass is 127. The Labute approximate surface area is 170 Å². The van der Waals surface area contributed by atoms with Crippen molar-refractivity contribution in [3.05, 3.63) is 29.8 Å². The number of hydrogen-bond acceptors (Lipinski definition) is 3. The molecule has 1 aromatic rings. The lowest BCUT2D eigenvalue weighted by molar-refractivity contribution is 0.261. The average molecular weight is 462 g/mol. The normalized spacial score (nSPS) is 11.2. The molecule has 0 bridgehead atoms. The van der Waals surface area contributed by atoms with Crippen LogP contribution in [0.4, 0.5) is 0 Å². The minimum absolute atomic E-state index is 0. The van der Waals surface area contributed by atoms with Crippen molar-refractivity contribution in [1.82, 2.24) is 15.5 Å². The molecular weight excluding hydrogens is 427 g/mol. The van der Waals surface area contributed by atoms with Crippen LogP contribution in [0.2, 0.25) is 0 Å². The molecule has 1 aromatic carbocycles. The van der Waals surface area contributed by atoms with Crippen LogP contribution in [0.15, 0.2) is 29.3 Å². The smallest absolute Gasteiger partial charge is 0.191 e. The van der Waals surface area contributed by atoms with E-state index in [1.54, 1.807) is 0 Å². The number of benzene rings is 1. The van der Waals surface area contributed by atoms with Crippen LogP contribution in [-0.2, 0) is 6.54 Å². The number of likely N-dealkylation sites (N-methyl/N-ethyl adjacent to an activating group) is 1. The predicted molar refractivity (Wildman–Crippen MR) is 118 cm³/mol. The summed E-state index contributed by atoms with van der Waals surface area (Å²) >= 11 is 0. The van der Waals surface area contributed by atoms with Crippen molar-refractivity contribution in [1.29, 1.82) is 0 Å². The van der Waals surface area contributed by atoms with Gasteiger partial charge in [0, 0.05) is 26.7 Å². The summed E-state index contributed by atoms with van der Waals surface area (Å²) < 4.78 is 5.78. The first kappa shape index (κ1) is 24.0. The summed E-state index contributed by atoms with van der Waals surface area (Å²) in [5.41, 5.74) is 1.19. The maximum absolute atomic E-state index is 5.78. The quantitative estimate of drug-likeness (QED) is 0.229. The lowest BCUT2D eigenvalue weighted by Gasteiger charge is -2.13. The fraction of sp³-hybridized carbons (Fsp3) is 0.632. The molecule has 0 saturated heterocycles. The van der Waals surface area contributed by atoms with Crippen LogP contribution in [0.1, 0.15) is 38.2 Å². The first-order valence-corrected chi connectivity index (χ1v) is 8.96. The van der Waals surface area contributed by atoms with Crippen molar-refractivity contribution in [3.8, 4) is 5.75 Å². The van der Waals surface area contributed by atoms with E-state index in [1.165, 1.54) is 31.2 Å². The number of hydrogen-bond donors (Lipinski definition) is 2. The summed E-state index contributed by atoms with van der Waals surface area (Å²) in [6.45, 7) is 5.54. The molecule has 0 aliphatic carbocycles. The van der Waals surface area contributed by atoms with Gasteiger partial charge in [0.15, 0.2) is 5.96 Å². The minimum Gasteiger partial charge on any atom is -0.492 e. The highest BCUT2D eigenvalue weighted by Gasteiger charge is 2.01. The fourth-order valence-electron chi connectivity index (χ4n) is 2.26. The average Bonchev–Trinajstić information content (AvgIpc) is 2.57. The molecule has 6 heteroatoms. The molecule has 2 N–H and O–H groups in total. The predicted octanol–water partition coefficient (Wildman–Crippen LogP) is 3.49. The highest BCUT2D eigenvalue weighted by Crippen LogP contribution is 2.13. The van der Waals surface area contributed by atoms with Gasteiger partial charge < -0.3 is 20.3 Å². The lowest BCUT2D eigenvalue weighted by Crippen LogP contribution is -2.37. The van der Waals surface area contributed by atoms with Crippen molar-refractivity contribution >= 4 is 29.9 Å². The Bertz CT molecular complexity index is 480. The molecule has 5 nitrogen and oxygen atoms in total. The van der Waals surface area contributed by atoms with Gasteiger partial charge in [-0.1, -0.05) is 38.3 Å². The highest BCUT2D eigenvalue weighted by molar-refractivity contribution is 14.0. The van der Waals surface area contributed by atoms with Gasteiger partial charge in [0.05, 0.1) is 0 Å². The zero-order valence-electron chi connectivity index (χ0n) is 16.2. The molecule has 0 aromatic heterocycles. The Morgan fingerprint density at radius 1 is 1.16 bits per heavy atom. The summed E-state index contributed by atoms with van der Waals surface area (Å²) in [4.78, 5) is 6.38. The van der Waals surface area contributed by atoms with Crippen molar-refractivity contribution < 1.29 is 4.74 Å². The van der Waals surface area contributed by atoms with E-state index in [4.69, 9.17) is 4.74 Å². The van der Waals surface area contributed by atoms with Crippen LogP contribution in [0.5, 0.6) is 5.75 Å². The van der Waals surface area contributed by atoms with Gasteiger partial charge in [-0.2, -0.15) is 0 Å². The number of unbranched alkanes of at least 4 members (excludes halogenated alkanes) is 3. The maximum atomic E-state index is 5.78. The fourth-order valence-corrected chi connectivity index (χ4v) is 2.26. The Hall–Kier alpha value is -1.02. The molecule has 0 fully saturated rings. The second-order valence-corrected chi connectivity index (χ2v) is 6.21. The summed E-state index contributed by atoms with van der Waals surface area (Å²) in [7, 11) is 5.90. The van der Waals surface area contributed by atoms with Gasteiger partial charge in [-0.25, -0.2) is 0 Å². The van der Waals surface area contributed by atoms with E-state index in [0.717, 1.165) is 31.3 Å². The number of nitrogens with zero attached hydrogens (tertiary/aromatic N) is 2. The van der Waals surface area contributed by atoms with Crippen LogP contribution in [0.25, 0.3) is 0 Å². The molecule has 0 spiro atoms. The SMILES string of the molecule is CCCCCCNC(=NC)NCc1cccc(OCCN(C)C)c1.I. The topological polar surface area (TPSA) is 48.9 Å². The van der Waals surface area contributed by atoms with E-state index in [-0.39, 0.29) is 24.0 Å². The van der Waals surface area contributed by atoms with Gasteiger partial charge in [0.25, 0.3) is 0 Å². The molecule has 25 heavy (non-hydrogen) atoms. The summed E-state index contributed by atoms with van der Waals surface area (Å²) in [5.74, 6) is 1.77. The first-order valence-electron chi connectivity index (χ1n) is 8.96. The molecule has 0 aliphatic heterocycles. The molecule has 0 radical (unpaired) electrons. The van der Waals surface area contributed by atoms with E-state index < -0.39 is 0 Å². The third kappa shape index (κ3) is 12.0. The van der Waals surface area contributed by atoms with Crippen molar-refractivity contribution in [2.24, 2.45) is 4.99 Å². The van der Waals surface area contributed by atoms with E-state index >= 15 is 0 Å². The molecule has 0 atom stereocenters. The molecule has 0 saturated carbocycles. The molecule has 144 valence electrons. The summed E-state index contributed by atoms with van der Waals surface area (Å²) in [6, 6.07) is 8.21. The largest absolute Gasteiger partial charge is 0.492 e. The van der Waals surface area contributed by atoms with Gasteiger partial charge in [0.2, 0.25) is 0 Å². The third-order valence-corrected chi connectivity index (χ3v) is 3.71. The van der Waals surface area contributed by atoms with Gasteiger partial charge in [0.1, 0.15) is 12.4 Å². The minimum atomic E-state index is 0. The van der Waals surface area contributed by atoms with Gasteiger partial charge in [-0.3, -0.25) is 4.99 Å². The summed E-state index contributed by atoms with van der Waals surface area (Å²) in [6.07, 6.45) is 5.02. The Kier molecular flexibility index (Phi) is 14.6. The zero-order chi connectivity index (χ0) is 17.6. The molecule has 1 rings (SSSR count). The molecule has 0 heterocycles. The maximum Gasteiger partial charge on any atom is 0.191 e. The van der Waals surface area contributed by atoms with E-state index in [0.29, 0.717) is 6.61 Å². The number of halogens is 1. The van der Waals surface area contributed by atoms with Crippen LogP contribution in [0.3, 0.4) is 0 Å². The van der Waals surface area contributed by atoms with Crippen LogP contribution in [-0.4, -0.2) is 51.7 Å². The molecular formula is C19H35IN4O. The van der Waals surface area contributed by atoms with E-state index in [2.05, 4.69) is 39.6 Å². The third-order valence-electron chi connectivity index (χ3n) is 3.71. The Morgan fingerprint density at radius 2 is 1.96 bits per heavy atom. The van der Waals surface area contributed by atoms with Crippen molar-refractivity contribution in [3.63, 3.8) is 0 Å². The number of guanidine groups is 1. The van der Waals surface area contributed by atoms with Crippen molar-refractivity contribution in [2.45, 2.75) is 39.2 Å². The number of aliphatic imine (C=N–C) groups is 1. The molecule has 0 amide bonds. The van der Waals surface area contributed by atoms with Gasteiger partial charge in [-0.05, 0) is 38.2 Å². The molecule has 0 aliphatic rings. The lowest BCUT2D eigenvalue weighted by atomic mass is 10.2. The monoisotopic (exact) mass is 462 g/mol. The van der Waals surface area contributed by atoms with E-state index in [9.17, 15) is 0 Å².